The first-order valence-electron chi connectivity index (χ1n) is 9.15. The Kier molecular flexibility index (Phi) is 7.11. The van der Waals surface area contributed by atoms with Crippen molar-refractivity contribution in [2.45, 2.75) is 39.7 Å². The Balaban J connectivity index is 2.73. The summed E-state index contributed by atoms with van der Waals surface area (Å²) in [5.41, 5.74) is 0.826. The predicted octanol–water partition coefficient (Wildman–Crippen LogP) is 2.32. The number of ether oxygens (including phenoxy) is 2. The maximum Gasteiger partial charge on any atom is 0.337 e. The van der Waals surface area contributed by atoms with Crippen molar-refractivity contribution >= 4 is 17.6 Å². The molecule has 1 aliphatic heterocycles. The Hall–Kier alpha value is -3.20. The number of allylic oxidation sites excluding steroid dienone is 1. The predicted molar refractivity (Wildman–Crippen MR) is 104 cm³/mol. The zero-order valence-electron chi connectivity index (χ0n) is 16.7. The molecule has 1 unspecified atom stereocenters. The molecule has 0 saturated carbocycles. The van der Waals surface area contributed by atoms with E-state index in [1.807, 2.05) is 0 Å². The summed E-state index contributed by atoms with van der Waals surface area (Å²) in [7, 11) is 0. The van der Waals surface area contributed by atoms with Crippen molar-refractivity contribution in [3.05, 3.63) is 62.5 Å². The number of hydrogen-bond acceptors (Lipinski definition) is 8. The lowest BCUT2D eigenvalue weighted by Crippen LogP contribution is -2.35. The number of aliphatic hydroxyl groups excluding tert-OH is 1. The van der Waals surface area contributed by atoms with Crippen LogP contribution in [0.2, 0.25) is 0 Å². The van der Waals surface area contributed by atoms with E-state index in [-0.39, 0.29) is 29.1 Å². The van der Waals surface area contributed by atoms with Crippen molar-refractivity contribution in [3.63, 3.8) is 0 Å². The zero-order valence-corrected chi connectivity index (χ0v) is 16.7. The molecule has 1 heterocycles. The van der Waals surface area contributed by atoms with Gasteiger partial charge in [-0.15, -0.1) is 0 Å². The van der Waals surface area contributed by atoms with Gasteiger partial charge in [0.2, 0.25) is 0 Å². The van der Waals surface area contributed by atoms with Crippen molar-refractivity contribution in [3.8, 4) is 0 Å². The number of hydrogen-bond donors (Lipinski definition) is 2. The molecule has 2 N–H and O–H groups in total. The first-order valence-corrected chi connectivity index (χ1v) is 9.15. The average molecular weight is 404 g/mol. The van der Waals surface area contributed by atoms with E-state index in [1.54, 1.807) is 33.8 Å². The molecular weight excluding hydrogens is 380 g/mol. The highest BCUT2D eigenvalue weighted by molar-refractivity contribution is 6.00. The average Bonchev–Trinajstić information content (AvgIpc) is 2.66. The lowest BCUT2D eigenvalue weighted by Gasteiger charge is -2.31. The van der Waals surface area contributed by atoms with E-state index in [0.29, 0.717) is 11.3 Å². The minimum Gasteiger partial charge on any atom is -0.463 e. The van der Waals surface area contributed by atoms with E-state index in [4.69, 9.17) is 9.47 Å². The van der Waals surface area contributed by atoms with Gasteiger partial charge in [-0.25, -0.2) is 9.59 Å². The van der Waals surface area contributed by atoms with Gasteiger partial charge in [0.1, 0.15) is 0 Å². The molecule has 0 spiro atoms. The van der Waals surface area contributed by atoms with Gasteiger partial charge in [0.15, 0.2) is 0 Å². The molecule has 0 aliphatic carbocycles. The van der Waals surface area contributed by atoms with Gasteiger partial charge in [0.25, 0.3) is 5.69 Å². The summed E-state index contributed by atoms with van der Waals surface area (Å²) in [6.45, 7) is 6.19. The minimum atomic E-state index is -0.997. The van der Waals surface area contributed by atoms with Crippen LogP contribution in [0.25, 0.3) is 0 Å². The molecule has 1 aromatic carbocycles. The van der Waals surface area contributed by atoms with Crippen LogP contribution in [-0.4, -0.2) is 41.3 Å². The van der Waals surface area contributed by atoms with Crippen LogP contribution in [0.1, 0.15) is 39.2 Å². The molecule has 29 heavy (non-hydrogen) atoms. The van der Waals surface area contributed by atoms with E-state index >= 15 is 0 Å². The van der Waals surface area contributed by atoms with Crippen molar-refractivity contribution in [2.24, 2.45) is 0 Å². The number of non-ortho nitro benzene ring substituents is 1. The van der Waals surface area contributed by atoms with Crippen LogP contribution in [0.15, 0.2) is 46.8 Å². The van der Waals surface area contributed by atoms with Gasteiger partial charge in [-0.05, 0) is 33.3 Å². The topological polar surface area (TPSA) is 128 Å². The van der Waals surface area contributed by atoms with E-state index in [9.17, 15) is 24.8 Å². The second kappa shape index (κ2) is 9.33. The van der Waals surface area contributed by atoms with Crippen molar-refractivity contribution in [1.82, 2.24) is 5.32 Å². The van der Waals surface area contributed by atoms with Crippen LogP contribution in [0.5, 0.6) is 0 Å². The number of carbonyl (C=O) groups excluding carboxylic acids is 2. The van der Waals surface area contributed by atoms with Gasteiger partial charge < -0.3 is 19.9 Å². The van der Waals surface area contributed by atoms with Gasteiger partial charge in [0, 0.05) is 17.8 Å². The monoisotopic (exact) mass is 404 g/mol. The number of aliphatic hydroxyl groups is 1. The summed E-state index contributed by atoms with van der Waals surface area (Å²) in [5, 5.41) is 23.9. The summed E-state index contributed by atoms with van der Waals surface area (Å²) < 4.78 is 10.5. The fourth-order valence-corrected chi connectivity index (χ4v) is 3.17. The maximum absolute atomic E-state index is 12.9. The molecule has 0 bridgehead atoms. The van der Waals surface area contributed by atoms with Gasteiger partial charge in [-0.3, -0.25) is 10.1 Å². The number of benzene rings is 1. The normalized spacial score (nSPS) is 16.6. The number of nitrogens with zero attached hydrogens (tertiary/aromatic N) is 1. The quantitative estimate of drug-likeness (QED) is 0.402. The third-order valence-corrected chi connectivity index (χ3v) is 4.28. The molecule has 1 atom stereocenters. The Morgan fingerprint density at radius 3 is 2.52 bits per heavy atom. The minimum absolute atomic E-state index is 0.0103. The Morgan fingerprint density at radius 1 is 1.28 bits per heavy atom. The third kappa shape index (κ3) is 4.80. The standard InChI is InChI=1S/C20H24N2O7/c1-5-28-19(24)18-15(10-23)21-12(4)16(20(25)29-11(2)3)17(18)13-7-6-8-14(9-13)22(26)27/h6-9,11,17,21,23H,5,10H2,1-4H3. The molecular formula is C20H24N2O7. The van der Waals surface area contributed by atoms with Crippen LogP contribution < -0.4 is 5.32 Å². The number of nitro benzene ring substituents is 1. The summed E-state index contributed by atoms with van der Waals surface area (Å²) in [4.78, 5) is 36.3. The highest BCUT2D eigenvalue weighted by Crippen LogP contribution is 2.40. The second-order valence-electron chi connectivity index (χ2n) is 6.67. The first-order chi connectivity index (χ1) is 13.7. The fraction of sp³-hybridized carbons (Fsp3) is 0.400. The number of nitrogens with one attached hydrogen (secondary N) is 1. The highest BCUT2D eigenvalue weighted by atomic mass is 16.6. The first kappa shape index (κ1) is 22.1. The van der Waals surface area contributed by atoms with Crippen LogP contribution in [0.4, 0.5) is 5.69 Å². The number of carbonyl (C=O) groups is 2. The molecule has 0 saturated heterocycles. The Labute approximate surface area is 168 Å². The Bertz CT molecular complexity index is 887. The summed E-state index contributed by atoms with van der Waals surface area (Å²) in [6.07, 6.45) is -0.414. The summed E-state index contributed by atoms with van der Waals surface area (Å²) in [5.74, 6) is -2.40. The van der Waals surface area contributed by atoms with E-state index in [2.05, 4.69) is 5.32 Å². The van der Waals surface area contributed by atoms with E-state index in [0.717, 1.165) is 0 Å². The van der Waals surface area contributed by atoms with E-state index in [1.165, 1.54) is 18.2 Å². The molecule has 156 valence electrons. The van der Waals surface area contributed by atoms with Crippen LogP contribution in [-0.2, 0) is 19.1 Å². The molecule has 1 aliphatic rings. The van der Waals surface area contributed by atoms with E-state index < -0.39 is 35.5 Å². The molecule has 0 radical (unpaired) electrons. The highest BCUT2D eigenvalue weighted by Gasteiger charge is 2.39. The van der Waals surface area contributed by atoms with Crippen LogP contribution in [0.3, 0.4) is 0 Å². The van der Waals surface area contributed by atoms with Gasteiger partial charge in [-0.1, -0.05) is 12.1 Å². The molecule has 0 amide bonds. The smallest absolute Gasteiger partial charge is 0.337 e. The van der Waals surface area contributed by atoms with Crippen LogP contribution in [0, 0.1) is 10.1 Å². The number of dihydropyridines is 1. The third-order valence-electron chi connectivity index (χ3n) is 4.28. The summed E-state index contributed by atoms with van der Waals surface area (Å²) >= 11 is 0. The molecule has 0 aromatic heterocycles. The van der Waals surface area contributed by atoms with Crippen LogP contribution >= 0.6 is 0 Å². The number of rotatable bonds is 7. The molecule has 9 nitrogen and oxygen atoms in total. The number of esters is 2. The lowest BCUT2D eigenvalue weighted by atomic mass is 9.80. The molecule has 1 aromatic rings. The molecule has 9 heteroatoms. The number of nitro groups is 1. The van der Waals surface area contributed by atoms with Gasteiger partial charge >= 0.3 is 11.9 Å². The lowest BCUT2D eigenvalue weighted by molar-refractivity contribution is -0.384. The largest absolute Gasteiger partial charge is 0.463 e. The van der Waals surface area contributed by atoms with Crippen molar-refractivity contribution < 1.29 is 29.1 Å². The van der Waals surface area contributed by atoms with Crippen molar-refractivity contribution in [2.75, 3.05) is 13.2 Å². The Morgan fingerprint density at radius 2 is 1.97 bits per heavy atom. The zero-order chi connectivity index (χ0) is 21.7. The fourth-order valence-electron chi connectivity index (χ4n) is 3.17. The second-order valence-corrected chi connectivity index (χ2v) is 6.67. The summed E-state index contributed by atoms with van der Waals surface area (Å²) in [6, 6.07) is 5.65. The van der Waals surface area contributed by atoms with Crippen molar-refractivity contribution in [1.29, 1.82) is 0 Å². The molecule has 0 fully saturated rings. The maximum atomic E-state index is 12.9. The molecule has 2 rings (SSSR count). The van der Waals surface area contributed by atoms with Gasteiger partial charge in [0.05, 0.1) is 47.0 Å². The SMILES string of the molecule is CCOC(=O)C1=C(CO)NC(C)=C(C(=O)OC(C)C)C1c1cccc([N+](=O)[O-])c1. The van der Waals surface area contributed by atoms with Gasteiger partial charge in [-0.2, -0.15) is 0 Å².